The Kier molecular flexibility index (Phi) is 0.616. The van der Waals surface area contributed by atoms with Crippen molar-refractivity contribution in [2.75, 3.05) is 13.2 Å². The molecule has 5 atom stereocenters. The number of hydrogen-bond donors (Lipinski definition) is 1. The molecule has 24 heavy (non-hydrogen) atoms. The van der Waals surface area contributed by atoms with E-state index in [4.69, 9.17) is 9.84 Å². The van der Waals surface area contributed by atoms with Gasteiger partial charge in [-0.1, -0.05) is 0 Å². The molecule has 0 aliphatic carbocycles. The van der Waals surface area contributed by atoms with Crippen molar-refractivity contribution >= 4 is 9.84 Å². The molecular weight excluding hydrogens is 368 g/mol. The summed E-state index contributed by atoms with van der Waals surface area (Å²) in [6, 6.07) is 0. The molecule has 1 spiro atoms. The Morgan fingerprint density at radius 1 is 1.04 bits per heavy atom. The van der Waals surface area contributed by atoms with Crippen LogP contribution in [0.3, 0.4) is 0 Å². The third-order valence-corrected chi connectivity index (χ3v) is 62.5. The van der Waals surface area contributed by atoms with Crippen molar-refractivity contribution in [1.82, 2.24) is 0 Å². The second-order valence-electron chi connectivity index (χ2n) is 13.7. The van der Waals surface area contributed by atoms with Crippen LogP contribution in [-0.2, 0) is 21.1 Å². The number of ether oxygens (including phenoxy) is 1. The molecular formula is C18H26FeO4S. The number of aliphatic hydroxyl groups is 1. The van der Waals surface area contributed by atoms with E-state index >= 15 is 0 Å². The number of rotatable bonds is 6. The summed E-state index contributed by atoms with van der Waals surface area (Å²) in [5.74, 6) is 0. The van der Waals surface area contributed by atoms with Gasteiger partial charge in [-0.25, -0.2) is 0 Å². The first-order valence-corrected chi connectivity index (χ1v) is 17.5. The third-order valence-electron chi connectivity index (χ3n) is 16.9. The Morgan fingerprint density at radius 2 is 1.54 bits per heavy atom. The van der Waals surface area contributed by atoms with Crippen molar-refractivity contribution in [3.63, 3.8) is 0 Å². The van der Waals surface area contributed by atoms with Gasteiger partial charge in [0.05, 0.1) is 0 Å². The Balaban J connectivity index is 1.27. The van der Waals surface area contributed by atoms with E-state index < -0.39 is 26.5 Å². The van der Waals surface area contributed by atoms with E-state index in [0.29, 0.717) is 13.0 Å². The monoisotopic (exact) mass is 394 g/mol. The Bertz CT molecular complexity index is 1180. The minimum absolute atomic E-state index is 0.0865. The van der Waals surface area contributed by atoms with Gasteiger partial charge in [-0.3, -0.25) is 0 Å². The van der Waals surface area contributed by atoms with E-state index in [1.165, 1.54) is 0 Å². The molecule has 6 heteroatoms. The number of sulfone groups is 1. The zero-order valence-electron chi connectivity index (χ0n) is 14.3. The van der Waals surface area contributed by atoms with Crippen LogP contribution < -0.4 is 0 Å². The molecule has 10 saturated heterocycles. The molecule has 0 bridgehead atoms. The minimum atomic E-state index is -3.53. The van der Waals surface area contributed by atoms with Crippen LogP contribution in [-0.4, -0.2) is 36.9 Å². The molecule has 10 aliphatic heterocycles. The Morgan fingerprint density at radius 3 is 1.83 bits per heavy atom. The number of hydrogen-bond acceptors (Lipinski definition) is 4. The maximum absolute atomic E-state index is 13.6. The van der Waals surface area contributed by atoms with E-state index in [1.807, 2.05) is 20.8 Å². The van der Waals surface area contributed by atoms with Crippen LogP contribution in [0.15, 0.2) is 0 Å². The fourth-order valence-corrected chi connectivity index (χ4v) is 96.6. The molecule has 10 rings (SSSR count). The molecule has 10 heterocycles. The van der Waals surface area contributed by atoms with Crippen molar-refractivity contribution in [2.45, 2.75) is 85.0 Å². The second kappa shape index (κ2) is 1.24. The molecule has 0 aromatic rings. The van der Waals surface area contributed by atoms with Crippen LogP contribution in [0.5, 0.6) is 0 Å². The maximum atomic E-state index is 13.6. The van der Waals surface area contributed by atoms with E-state index in [0.717, 1.165) is 43.3 Å². The fourth-order valence-electron chi connectivity index (χ4n) is 18.0. The van der Waals surface area contributed by atoms with Gasteiger partial charge in [0.1, 0.15) is 0 Å². The first-order valence-electron chi connectivity index (χ1n) is 9.66. The van der Waals surface area contributed by atoms with E-state index in [1.54, 1.807) is 0 Å². The SMILES string of the molecule is CC(C)(C)S(=O)(=O)C(OCCCO)[C]12[CH]3[CH]4[CH]5[CH]1[Fe]45321678[CH]2[CH]1[CH]6[CH]7[CH]28. The van der Waals surface area contributed by atoms with E-state index in [-0.39, 0.29) is 10.9 Å². The van der Waals surface area contributed by atoms with Crippen molar-refractivity contribution < 1.29 is 24.8 Å². The summed E-state index contributed by atoms with van der Waals surface area (Å²) in [6.07, 6.45) is 0.559. The van der Waals surface area contributed by atoms with Gasteiger partial charge < -0.3 is 0 Å². The number of aliphatic hydroxyl groups excluding tert-OH is 1. The summed E-state index contributed by atoms with van der Waals surface area (Å²) < 4.78 is 33.0. The van der Waals surface area contributed by atoms with Gasteiger partial charge in [0.25, 0.3) is 0 Å². The predicted octanol–water partition coefficient (Wildman–Crippen LogP) is 3.68. The Hall–Kier alpha value is 0.389. The predicted molar refractivity (Wildman–Crippen MR) is 86.6 cm³/mol. The van der Waals surface area contributed by atoms with Crippen LogP contribution in [0.25, 0.3) is 0 Å². The van der Waals surface area contributed by atoms with Gasteiger partial charge in [0, 0.05) is 0 Å². The third kappa shape index (κ3) is 0.179. The van der Waals surface area contributed by atoms with Crippen LogP contribution in [0, 0.1) is 0 Å². The van der Waals surface area contributed by atoms with Gasteiger partial charge in [0.2, 0.25) is 0 Å². The van der Waals surface area contributed by atoms with Crippen LogP contribution >= 0.6 is 0 Å². The zero-order chi connectivity index (χ0) is 16.4. The molecule has 5 unspecified atom stereocenters. The van der Waals surface area contributed by atoms with Gasteiger partial charge in [-0.2, -0.15) is 0 Å². The van der Waals surface area contributed by atoms with Gasteiger partial charge in [0.15, 0.2) is 0 Å². The van der Waals surface area contributed by atoms with E-state index in [9.17, 15) is 8.42 Å². The van der Waals surface area contributed by atoms with Crippen molar-refractivity contribution in [2.24, 2.45) is 0 Å². The first-order chi connectivity index (χ1) is 11.0. The molecule has 1 N–H and O–H groups in total. The number of fused-ring (bicyclic) bond motifs is 10. The summed E-state index contributed by atoms with van der Waals surface area (Å²) in [4.78, 5) is 9.59. The summed E-state index contributed by atoms with van der Waals surface area (Å²) in [5, 5.41) is 9.17. The zero-order valence-corrected chi connectivity index (χ0v) is 16.2. The van der Waals surface area contributed by atoms with Crippen LogP contribution in [0.4, 0.5) is 0 Å². The normalized spacial score (nSPS) is 90.8. The topological polar surface area (TPSA) is 63.6 Å². The van der Waals surface area contributed by atoms with Crippen LogP contribution in [0.2, 0.25) is 47.7 Å². The molecule has 0 aromatic carbocycles. The average Bonchev–Trinajstić information content (AvgIpc) is 3.44. The van der Waals surface area contributed by atoms with Gasteiger partial charge in [-0.05, 0) is 0 Å². The summed E-state index contributed by atoms with van der Waals surface area (Å²) in [7, 11) is -3.31. The van der Waals surface area contributed by atoms with Crippen LogP contribution in [0.1, 0.15) is 27.2 Å². The Labute approximate surface area is 132 Å². The molecule has 10 aliphatic rings. The molecule has 0 aromatic heterocycles. The molecule has 4 nitrogen and oxygen atoms in total. The fraction of sp³-hybridized carbons (Fsp3) is 1.00. The van der Waals surface area contributed by atoms with Gasteiger partial charge >= 0.3 is 133 Å². The molecule has 0 saturated carbocycles. The summed E-state index contributed by atoms with van der Waals surface area (Å²) in [6.45, 7) is 2.54. The first kappa shape index (κ1) is 12.0. The quantitative estimate of drug-likeness (QED) is 0.552. The molecule has 10 fully saturated rings. The summed E-state index contributed by atoms with van der Waals surface area (Å²) in [5.41, 5.74) is -0.509. The van der Waals surface area contributed by atoms with E-state index in [2.05, 4.69) is 0 Å². The van der Waals surface area contributed by atoms with Gasteiger partial charge in [-0.15, -0.1) is 0 Å². The molecule has 0 radical (unpaired) electrons. The average molecular weight is 394 g/mol. The second-order valence-corrected chi connectivity index (χ2v) is 40.0. The van der Waals surface area contributed by atoms with Crippen molar-refractivity contribution in [3.05, 3.63) is 0 Å². The molecule has 136 valence electrons. The van der Waals surface area contributed by atoms with Crippen molar-refractivity contribution in [3.8, 4) is 0 Å². The van der Waals surface area contributed by atoms with Crippen molar-refractivity contribution in [1.29, 1.82) is 0 Å². The standard InChI is InChI=1S/C13H21O4S.C5H5.Fe/c1-13(2,3)18(15,16)12(17-10-6-9-14)11-7-4-5-8-11;1-2-4-5-3-1;/h4-5,7-8,12,14H,6,9-10H2,1-3H3;1-5H;. The molecule has 0 amide bonds. The summed E-state index contributed by atoms with van der Waals surface area (Å²) >= 11 is 0.